The molecular formula is C22H24O4. The van der Waals surface area contributed by atoms with Gasteiger partial charge in [-0.05, 0) is 66.6 Å². The second-order valence-electron chi connectivity index (χ2n) is 6.81. The van der Waals surface area contributed by atoms with Gasteiger partial charge in [-0.25, -0.2) is 4.79 Å². The van der Waals surface area contributed by atoms with Gasteiger partial charge < -0.3 is 9.15 Å². The first kappa shape index (κ1) is 18.2. The van der Waals surface area contributed by atoms with E-state index in [2.05, 4.69) is 0 Å². The predicted molar refractivity (Wildman–Crippen MR) is 101 cm³/mol. The largest absolute Gasteiger partial charge is 0.472 e. The molecule has 0 amide bonds. The highest BCUT2D eigenvalue weighted by Gasteiger charge is 2.23. The Balaban J connectivity index is 2.22. The first-order valence-corrected chi connectivity index (χ1v) is 9.07. The molecule has 4 nitrogen and oxygen atoms in total. The molecular weight excluding hydrogens is 328 g/mol. The Morgan fingerprint density at radius 2 is 1.96 bits per heavy atom. The summed E-state index contributed by atoms with van der Waals surface area (Å²) >= 11 is 0. The molecule has 1 aromatic carbocycles. The highest BCUT2D eigenvalue weighted by atomic mass is 16.5. The minimum atomic E-state index is -0.363. The van der Waals surface area contributed by atoms with Gasteiger partial charge in [0.15, 0.2) is 5.78 Å². The van der Waals surface area contributed by atoms with Crippen LogP contribution in [-0.4, -0.2) is 18.9 Å². The summed E-state index contributed by atoms with van der Waals surface area (Å²) in [4.78, 5) is 23.7. The number of carbonyl (C=O) groups excluding carboxylic acids is 2. The van der Waals surface area contributed by atoms with E-state index in [-0.39, 0.29) is 11.8 Å². The highest BCUT2D eigenvalue weighted by Crippen LogP contribution is 2.41. The third-order valence-corrected chi connectivity index (χ3v) is 4.97. The molecule has 3 rings (SSSR count). The van der Waals surface area contributed by atoms with Crippen molar-refractivity contribution >= 4 is 17.8 Å². The zero-order chi connectivity index (χ0) is 18.5. The monoisotopic (exact) mass is 352 g/mol. The molecule has 1 aliphatic rings. The van der Waals surface area contributed by atoms with Gasteiger partial charge in [-0.2, -0.15) is 0 Å². The van der Waals surface area contributed by atoms with E-state index in [1.165, 1.54) is 39.4 Å². The fourth-order valence-electron chi connectivity index (χ4n) is 3.74. The Morgan fingerprint density at radius 3 is 2.58 bits per heavy atom. The average Bonchev–Trinajstić information content (AvgIpc) is 3.19. The Morgan fingerprint density at radius 1 is 1.19 bits per heavy atom. The standard InChI is InChI=1S/C22H24O4/c1-15(23)8-9-17-12-19(22(24)25-2)13-20(16-6-4-3-5-7-16)21(17)18-10-11-26-14-18/h8-14,16H,3-7H2,1-2H3/b9-8+. The van der Waals surface area contributed by atoms with Gasteiger partial charge in [0.05, 0.1) is 25.2 Å². The van der Waals surface area contributed by atoms with E-state index in [4.69, 9.17) is 9.15 Å². The van der Waals surface area contributed by atoms with Gasteiger partial charge >= 0.3 is 5.97 Å². The summed E-state index contributed by atoms with van der Waals surface area (Å²) in [6.45, 7) is 1.51. The lowest BCUT2D eigenvalue weighted by molar-refractivity contribution is -0.112. The molecule has 1 fully saturated rings. The van der Waals surface area contributed by atoms with Crippen LogP contribution in [0.5, 0.6) is 0 Å². The van der Waals surface area contributed by atoms with Crippen molar-refractivity contribution < 1.29 is 18.7 Å². The van der Waals surface area contributed by atoms with Gasteiger partial charge in [0.1, 0.15) is 0 Å². The van der Waals surface area contributed by atoms with Crippen molar-refractivity contribution in [1.29, 1.82) is 0 Å². The Hall–Kier alpha value is -2.62. The topological polar surface area (TPSA) is 56.5 Å². The maximum absolute atomic E-state index is 12.2. The quantitative estimate of drug-likeness (QED) is 0.535. The Kier molecular flexibility index (Phi) is 5.71. The van der Waals surface area contributed by atoms with Gasteiger partial charge in [-0.15, -0.1) is 0 Å². The molecule has 2 aromatic rings. The molecule has 0 unspecified atom stereocenters. The SMILES string of the molecule is COC(=O)c1cc(/C=C/C(C)=O)c(-c2ccoc2)c(C2CCCCC2)c1. The molecule has 0 aliphatic heterocycles. The molecule has 0 spiro atoms. The van der Waals surface area contributed by atoms with E-state index in [1.54, 1.807) is 24.7 Å². The molecule has 0 N–H and O–H groups in total. The Bertz CT molecular complexity index is 809. The van der Waals surface area contributed by atoms with Gasteiger partial charge in [0.25, 0.3) is 0 Å². The summed E-state index contributed by atoms with van der Waals surface area (Å²) < 4.78 is 10.2. The molecule has 26 heavy (non-hydrogen) atoms. The van der Waals surface area contributed by atoms with Crippen LogP contribution in [0.4, 0.5) is 0 Å². The average molecular weight is 352 g/mol. The summed E-state index contributed by atoms with van der Waals surface area (Å²) in [5.74, 6) is -0.00755. The molecule has 1 heterocycles. The van der Waals surface area contributed by atoms with Crippen LogP contribution >= 0.6 is 0 Å². The zero-order valence-corrected chi connectivity index (χ0v) is 15.3. The molecule has 1 aromatic heterocycles. The molecule has 4 heteroatoms. The van der Waals surface area contributed by atoms with E-state index < -0.39 is 0 Å². The number of hydrogen-bond acceptors (Lipinski definition) is 4. The molecule has 0 radical (unpaired) electrons. The van der Waals surface area contributed by atoms with Gasteiger partial charge in [-0.1, -0.05) is 25.3 Å². The van der Waals surface area contributed by atoms with Crippen LogP contribution in [-0.2, 0) is 9.53 Å². The lowest BCUT2D eigenvalue weighted by Crippen LogP contribution is -2.10. The van der Waals surface area contributed by atoms with Crippen molar-refractivity contribution in [2.75, 3.05) is 7.11 Å². The maximum atomic E-state index is 12.2. The number of carbonyl (C=O) groups is 2. The fourth-order valence-corrected chi connectivity index (χ4v) is 3.74. The van der Waals surface area contributed by atoms with Crippen molar-refractivity contribution in [1.82, 2.24) is 0 Å². The lowest BCUT2D eigenvalue weighted by Gasteiger charge is -2.26. The van der Waals surface area contributed by atoms with Crippen molar-refractivity contribution in [2.45, 2.75) is 44.9 Å². The minimum absolute atomic E-state index is 0.0363. The number of rotatable bonds is 5. The van der Waals surface area contributed by atoms with E-state index >= 15 is 0 Å². The van der Waals surface area contributed by atoms with Crippen LogP contribution in [0.2, 0.25) is 0 Å². The minimum Gasteiger partial charge on any atom is -0.472 e. The summed E-state index contributed by atoms with van der Waals surface area (Å²) in [5.41, 5.74) is 4.49. The van der Waals surface area contributed by atoms with Crippen molar-refractivity contribution in [2.24, 2.45) is 0 Å². The zero-order valence-electron chi connectivity index (χ0n) is 15.3. The third kappa shape index (κ3) is 3.96. The number of furan rings is 1. The summed E-state index contributed by atoms with van der Waals surface area (Å²) in [7, 11) is 1.39. The molecule has 0 saturated heterocycles. The summed E-state index contributed by atoms with van der Waals surface area (Å²) in [5, 5.41) is 0. The normalized spacial score (nSPS) is 15.3. The number of allylic oxidation sites excluding steroid dienone is 1. The van der Waals surface area contributed by atoms with Crippen LogP contribution in [0.25, 0.3) is 17.2 Å². The van der Waals surface area contributed by atoms with Crippen LogP contribution in [0.1, 0.15) is 66.4 Å². The molecule has 1 saturated carbocycles. The second kappa shape index (κ2) is 8.17. The molecule has 1 aliphatic carbocycles. The van der Waals surface area contributed by atoms with E-state index in [1.807, 2.05) is 12.1 Å². The number of methoxy groups -OCH3 is 1. The number of esters is 1. The van der Waals surface area contributed by atoms with E-state index in [0.717, 1.165) is 35.1 Å². The van der Waals surface area contributed by atoms with E-state index in [9.17, 15) is 9.59 Å². The molecule has 0 atom stereocenters. The van der Waals surface area contributed by atoms with Crippen LogP contribution in [0.15, 0.2) is 41.2 Å². The van der Waals surface area contributed by atoms with Crippen LogP contribution in [0, 0.1) is 0 Å². The maximum Gasteiger partial charge on any atom is 0.337 e. The van der Waals surface area contributed by atoms with E-state index in [0.29, 0.717) is 11.5 Å². The lowest BCUT2D eigenvalue weighted by atomic mass is 9.79. The second-order valence-corrected chi connectivity index (χ2v) is 6.81. The Labute approximate surface area is 153 Å². The molecule has 136 valence electrons. The van der Waals surface area contributed by atoms with Gasteiger partial charge in [0.2, 0.25) is 0 Å². The summed E-state index contributed by atoms with van der Waals surface area (Å²) in [6.07, 6.45) is 12.5. The van der Waals surface area contributed by atoms with Crippen molar-refractivity contribution in [3.63, 3.8) is 0 Å². The summed E-state index contributed by atoms with van der Waals surface area (Å²) in [6, 6.07) is 5.67. The highest BCUT2D eigenvalue weighted by molar-refractivity contribution is 5.96. The molecule has 0 bridgehead atoms. The van der Waals surface area contributed by atoms with Gasteiger partial charge in [-0.3, -0.25) is 4.79 Å². The first-order chi connectivity index (χ1) is 12.6. The van der Waals surface area contributed by atoms with Crippen LogP contribution < -0.4 is 0 Å². The van der Waals surface area contributed by atoms with Crippen molar-refractivity contribution in [3.05, 3.63) is 53.5 Å². The number of benzene rings is 1. The van der Waals surface area contributed by atoms with Crippen molar-refractivity contribution in [3.8, 4) is 11.1 Å². The number of hydrogen-bond donors (Lipinski definition) is 0. The first-order valence-electron chi connectivity index (χ1n) is 9.07. The number of ether oxygens (including phenoxy) is 1. The predicted octanol–water partition coefficient (Wildman–Crippen LogP) is 5.38. The smallest absolute Gasteiger partial charge is 0.337 e. The third-order valence-electron chi connectivity index (χ3n) is 4.97. The van der Waals surface area contributed by atoms with Gasteiger partial charge in [0, 0.05) is 5.56 Å². The number of ketones is 1. The fraction of sp³-hybridized carbons (Fsp3) is 0.364. The van der Waals surface area contributed by atoms with Crippen LogP contribution in [0.3, 0.4) is 0 Å².